The van der Waals surface area contributed by atoms with Crippen LogP contribution < -0.4 is 10.1 Å². The van der Waals surface area contributed by atoms with Crippen LogP contribution in [-0.4, -0.2) is 11.1 Å². The molecule has 0 unspecified atom stereocenters. The first-order valence-electron chi connectivity index (χ1n) is 9.08. The van der Waals surface area contributed by atoms with Crippen molar-refractivity contribution >= 4 is 57.2 Å². The van der Waals surface area contributed by atoms with Crippen LogP contribution in [0.4, 0.5) is 10.1 Å². The number of thioether (sulfide) groups is 1. The predicted octanol–water partition coefficient (Wildman–Crippen LogP) is 5.90. The zero-order valence-corrected chi connectivity index (χ0v) is 18.6. The molecule has 1 fully saturated rings. The summed E-state index contributed by atoms with van der Waals surface area (Å²) in [6, 6.07) is 21.5. The molecule has 1 aliphatic rings. The van der Waals surface area contributed by atoms with E-state index in [1.807, 2.05) is 48.5 Å². The van der Waals surface area contributed by atoms with Crippen molar-refractivity contribution in [2.24, 2.45) is 4.99 Å². The van der Waals surface area contributed by atoms with Gasteiger partial charge in [-0.2, -0.15) is 0 Å². The normalized spacial score (nSPS) is 16.1. The smallest absolute Gasteiger partial charge is 0.264 e. The van der Waals surface area contributed by atoms with Crippen LogP contribution in [0.1, 0.15) is 11.1 Å². The number of hydrogen-bond acceptors (Lipinski definition) is 4. The van der Waals surface area contributed by atoms with E-state index in [1.165, 1.54) is 27.5 Å². The van der Waals surface area contributed by atoms with Gasteiger partial charge in [0.05, 0.1) is 10.6 Å². The number of halogens is 2. The average Bonchev–Trinajstić information content (AvgIpc) is 3.09. The van der Waals surface area contributed by atoms with Crippen molar-refractivity contribution in [1.29, 1.82) is 0 Å². The number of amides is 1. The molecule has 0 saturated carbocycles. The molecule has 4 nitrogen and oxygen atoms in total. The van der Waals surface area contributed by atoms with Crippen LogP contribution in [0, 0.1) is 9.39 Å². The molecule has 3 aromatic rings. The van der Waals surface area contributed by atoms with Crippen molar-refractivity contribution in [3.63, 3.8) is 0 Å². The molecule has 1 N–H and O–H groups in total. The molecule has 0 atom stereocenters. The van der Waals surface area contributed by atoms with Gasteiger partial charge in [-0.25, -0.2) is 9.38 Å². The Morgan fingerprint density at radius 1 is 1.03 bits per heavy atom. The van der Waals surface area contributed by atoms with E-state index in [-0.39, 0.29) is 11.7 Å². The SMILES string of the molecule is O=C1NC(=Nc2ccc(F)cc2)S/C1=C/c1ccccc1OCc1ccc(I)cc1. The fourth-order valence-electron chi connectivity index (χ4n) is 2.73. The van der Waals surface area contributed by atoms with Gasteiger partial charge in [0.1, 0.15) is 18.2 Å². The molecule has 7 heteroatoms. The molecule has 150 valence electrons. The number of carbonyl (C=O) groups is 1. The highest BCUT2D eigenvalue weighted by Gasteiger charge is 2.24. The van der Waals surface area contributed by atoms with E-state index in [1.54, 1.807) is 18.2 Å². The molecule has 3 aromatic carbocycles. The Kier molecular flexibility index (Phi) is 6.49. The molecule has 0 bridgehead atoms. The monoisotopic (exact) mass is 530 g/mol. The summed E-state index contributed by atoms with van der Waals surface area (Å²) in [7, 11) is 0. The van der Waals surface area contributed by atoms with Crippen LogP contribution in [0.5, 0.6) is 5.75 Å². The lowest BCUT2D eigenvalue weighted by molar-refractivity contribution is -0.115. The highest BCUT2D eigenvalue weighted by molar-refractivity contribution is 14.1. The molecule has 1 amide bonds. The number of carbonyl (C=O) groups excluding carboxylic acids is 1. The van der Waals surface area contributed by atoms with Gasteiger partial charge in [-0.1, -0.05) is 30.3 Å². The maximum Gasteiger partial charge on any atom is 0.264 e. The molecule has 1 heterocycles. The first kappa shape index (κ1) is 20.6. The highest BCUT2D eigenvalue weighted by Crippen LogP contribution is 2.31. The molecule has 1 saturated heterocycles. The van der Waals surface area contributed by atoms with E-state index in [9.17, 15) is 9.18 Å². The molecule has 30 heavy (non-hydrogen) atoms. The lowest BCUT2D eigenvalue weighted by atomic mass is 10.2. The predicted molar refractivity (Wildman–Crippen MR) is 127 cm³/mol. The van der Waals surface area contributed by atoms with Gasteiger partial charge in [-0.15, -0.1) is 0 Å². The summed E-state index contributed by atoms with van der Waals surface area (Å²) < 4.78 is 20.2. The first-order valence-corrected chi connectivity index (χ1v) is 11.0. The summed E-state index contributed by atoms with van der Waals surface area (Å²) in [6.07, 6.45) is 1.79. The van der Waals surface area contributed by atoms with Gasteiger partial charge in [0, 0.05) is 9.13 Å². The second kappa shape index (κ2) is 9.44. The largest absolute Gasteiger partial charge is 0.488 e. The summed E-state index contributed by atoms with van der Waals surface area (Å²) in [5, 5.41) is 3.19. The molecular weight excluding hydrogens is 514 g/mol. The van der Waals surface area contributed by atoms with Gasteiger partial charge in [0.15, 0.2) is 5.17 Å². The minimum absolute atomic E-state index is 0.228. The van der Waals surface area contributed by atoms with E-state index in [0.717, 1.165) is 11.1 Å². The Bertz CT molecular complexity index is 1130. The van der Waals surface area contributed by atoms with Gasteiger partial charge in [-0.3, -0.25) is 4.79 Å². The number of para-hydroxylation sites is 1. The van der Waals surface area contributed by atoms with E-state index < -0.39 is 0 Å². The maximum absolute atomic E-state index is 13.0. The Hall–Kier alpha value is -2.65. The highest BCUT2D eigenvalue weighted by atomic mass is 127. The summed E-state index contributed by atoms with van der Waals surface area (Å²) in [5.41, 5.74) is 2.45. The Morgan fingerprint density at radius 2 is 1.77 bits per heavy atom. The van der Waals surface area contributed by atoms with Crippen LogP contribution in [0.15, 0.2) is 82.7 Å². The van der Waals surface area contributed by atoms with E-state index >= 15 is 0 Å². The molecule has 0 aliphatic carbocycles. The standard InChI is InChI=1S/C23H16FIN2O2S/c24-17-7-11-19(12-8-17)26-23-27-22(28)21(30-23)13-16-3-1-2-4-20(16)29-14-15-5-9-18(25)10-6-15/h1-13H,14H2,(H,26,27,28)/b21-13+. The fourth-order valence-corrected chi connectivity index (χ4v) is 3.92. The van der Waals surface area contributed by atoms with Gasteiger partial charge >= 0.3 is 0 Å². The van der Waals surface area contributed by atoms with E-state index in [0.29, 0.717) is 28.1 Å². The zero-order chi connectivity index (χ0) is 20.9. The maximum atomic E-state index is 13.0. The van der Waals surface area contributed by atoms with E-state index in [2.05, 4.69) is 32.9 Å². The molecular formula is C23H16FIN2O2S. The third kappa shape index (κ3) is 5.28. The molecule has 0 radical (unpaired) electrons. The Balaban J connectivity index is 1.51. The summed E-state index contributed by atoms with van der Waals surface area (Å²) >= 11 is 3.50. The number of aliphatic imine (C=N–C) groups is 1. The minimum atomic E-state index is -0.329. The summed E-state index contributed by atoms with van der Waals surface area (Å²) in [6.45, 7) is 0.438. The van der Waals surface area contributed by atoms with E-state index in [4.69, 9.17) is 4.74 Å². The van der Waals surface area contributed by atoms with Crippen molar-refractivity contribution < 1.29 is 13.9 Å². The molecule has 1 aliphatic heterocycles. The lowest BCUT2D eigenvalue weighted by Crippen LogP contribution is -2.19. The number of amidine groups is 1. The number of nitrogens with one attached hydrogen (secondary N) is 1. The molecule has 0 aromatic heterocycles. The number of rotatable bonds is 5. The number of hydrogen-bond donors (Lipinski definition) is 1. The van der Waals surface area contributed by atoms with Gasteiger partial charge in [0.25, 0.3) is 5.91 Å². The second-order valence-corrected chi connectivity index (χ2v) is 8.69. The van der Waals surface area contributed by atoms with Crippen molar-refractivity contribution in [3.05, 3.63) is 98.2 Å². The van der Waals surface area contributed by atoms with Crippen LogP contribution in [0.3, 0.4) is 0 Å². The number of ether oxygens (including phenoxy) is 1. The third-order valence-electron chi connectivity index (χ3n) is 4.22. The van der Waals surface area contributed by atoms with Crippen LogP contribution in [0.2, 0.25) is 0 Å². The lowest BCUT2D eigenvalue weighted by Gasteiger charge is -2.09. The molecule has 4 rings (SSSR count). The zero-order valence-electron chi connectivity index (χ0n) is 15.6. The van der Waals surface area contributed by atoms with Crippen molar-refractivity contribution in [1.82, 2.24) is 5.32 Å². The van der Waals surface area contributed by atoms with Gasteiger partial charge in [-0.05, 0) is 88.5 Å². The Labute approximate surface area is 191 Å². The minimum Gasteiger partial charge on any atom is -0.488 e. The van der Waals surface area contributed by atoms with Crippen LogP contribution >= 0.6 is 34.4 Å². The van der Waals surface area contributed by atoms with Crippen molar-refractivity contribution in [2.45, 2.75) is 6.61 Å². The average molecular weight is 530 g/mol. The summed E-state index contributed by atoms with van der Waals surface area (Å²) in [4.78, 5) is 17.2. The third-order valence-corrected chi connectivity index (χ3v) is 5.85. The number of benzene rings is 3. The van der Waals surface area contributed by atoms with Gasteiger partial charge in [0.2, 0.25) is 0 Å². The van der Waals surface area contributed by atoms with Crippen LogP contribution in [0.25, 0.3) is 6.08 Å². The van der Waals surface area contributed by atoms with Crippen molar-refractivity contribution in [2.75, 3.05) is 0 Å². The Morgan fingerprint density at radius 3 is 2.53 bits per heavy atom. The van der Waals surface area contributed by atoms with Crippen LogP contribution in [-0.2, 0) is 11.4 Å². The molecule has 0 spiro atoms. The number of nitrogens with zero attached hydrogens (tertiary/aromatic N) is 1. The second-order valence-electron chi connectivity index (χ2n) is 6.41. The van der Waals surface area contributed by atoms with Crippen molar-refractivity contribution in [3.8, 4) is 5.75 Å². The topological polar surface area (TPSA) is 50.7 Å². The summed E-state index contributed by atoms with van der Waals surface area (Å²) in [5.74, 6) is 0.138. The fraction of sp³-hybridized carbons (Fsp3) is 0.0435. The van der Waals surface area contributed by atoms with Gasteiger partial charge < -0.3 is 10.1 Å². The first-order chi connectivity index (χ1) is 14.6. The quantitative estimate of drug-likeness (QED) is 0.330.